The summed E-state index contributed by atoms with van der Waals surface area (Å²) in [6.07, 6.45) is 1.16. The van der Waals surface area contributed by atoms with Crippen molar-refractivity contribution in [1.82, 2.24) is 10.6 Å². The zero-order valence-electron chi connectivity index (χ0n) is 11.9. The van der Waals surface area contributed by atoms with Crippen LogP contribution in [-0.2, 0) is 16.0 Å². The molecule has 0 bridgehead atoms. The molecule has 1 aromatic rings. The van der Waals surface area contributed by atoms with Gasteiger partial charge in [-0.25, -0.2) is 0 Å². The summed E-state index contributed by atoms with van der Waals surface area (Å²) in [5.41, 5.74) is 1.13. The maximum absolute atomic E-state index is 11.6. The van der Waals surface area contributed by atoms with Gasteiger partial charge in [-0.2, -0.15) is 0 Å². The number of nitrogens with one attached hydrogen (secondary N) is 2. The molecule has 110 valence electrons. The third kappa shape index (κ3) is 6.70. The highest BCUT2D eigenvalue weighted by molar-refractivity contribution is 9.10. The van der Waals surface area contributed by atoms with E-state index in [9.17, 15) is 9.59 Å². The van der Waals surface area contributed by atoms with E-state index in [1.807, 2.05) is 38.1 Å². The maximum atomic E-state index is 11.6. The number of halogens is 1. The Kier molecular flexibility index (Phi) is 7.30. The van der Waals surface area contributed by atoms with Crippen LogP contribution in [0, 0.1) is 5.92 Å². The first-order valence-electron chi connectivity index (χ1n) is 6.78. The molecule has 0 heterocycles. The van der Waals surface area contributed by atoms with Crippen LogP contribution in [0.5, 0.6) is 0 Å². The summed E-state index contributed by atoms with van der Waals surface area (Å²) in [5.74, 6) is -0.0145. The molecular formula is C15H21BrN2O2. The van der Waals surface area contributed by atoms with E-state index in [0.29, 0.717) is 25.9 Å². The summed E-state index contributed by atoms with van der Waals surface area (Å²) in [6.45, 7) is 4.62. The van der Waals surface area contributed by atoms with Crippen molar-refractivity contribution in [2.45, 2.75) is 26.7 Å². The molecule has 5 heteroatoms. The van der Waals surface area contributed by atoms with Gasteiger partial charge in [-0.15, -0.1) is 0 Å². The van der Waals surface area contributed by atoms with Crippen molar-refractivity contribution in [1.29, 1.82) is 0 Å². The van der Waals surface area contributed by atoms with E-state index in [4.69, 9.17) is 0 Å². The number of amides is 2. The van der Waals surface area contributed by atoms with Crippen LogP contribution in [0.1, 0.15) is 25.8 Å². The van der Waals surface area contributed by atoms with E-state index in [0.717, 1.165) is 10.0 Å². The number of rotatable bonds is 7. The lowest BCUT2D eigenvalue weighted by molar-refractivity contribution is -0.124. The predicted molar refractivity (Wildman–Crippen MR) is 83.3 cm³/mol. The molecule has 2 amide bonds. The number of carbonyl (C=O) groups excluding carboxylic acids is 2. The minimum absolute atomic E-state index is 0.00349. The Morgan fingerprint density at radius 3 is 2.55 bits per heavy atom. The molecule has 0 aliphatic heterocycles. The van der Waals surface area contributed by atoms with Crippen molar-refractivity contribution in [2.75, 3.05) is 13.1 Å². The smallest absolute Gasteiger partial charge is 0.222 e. The first-order valence-corrected chi connectivity index (χ1v) is 7.57. The van der Waals surface area contributed by atoms with E-state index in [2.05, 4.69) is 26.6 Å². The molecule has 0 aromatic heterocycles. The monoisotopic (exact) mass is 340 g/mol. The molecule has 0 unspecified atom stereocenters. The van der Waals surface area contributed by atoms with Gasteiger partial charge in [0.25, 0.3) is 0 Å². The van der Waals surface area contributed by atoms with Gasteiger partial charge in [0, 0.05) is 29.9 Å². The lowest BCUT2D eigenvalue weighted by Crippen LogP contribution is -2.36. The molecule has 0 spiro atoms. The van der Waals surface area contributed by atoms with Crippen molar-refractivity contribution < 1.29 is 9.59 Å². The fourth-order valence-corrected chi connectivity index (χ4v) is 2.08. The van der Waals surface area contributed by atoms with E-state index < -0.39 is 0 Å². The fraction of sp³-hybridized carbons (Fsp3) is 0.467. The van der Waals surface area contributed by atoms with Crippen molar-refractivity contribution >= 4 is 27.7 Å². The molecule has 0 saturated carbocycles. The molecule has 2 N–H and O–H groups in total. The standard InChI is InChI=1S/C15H21BrN2O2/c1-11(2)15(20)18-9-8-17-14(19)7-6-12-4-3-5-13(16)10-12/h3-5,10-11H,6-9H2,1-2H3,(H,17,19)(H,18,20). The second-order valence-corrected chi connectivity index (χ2v) is 5.84. The van der Waals surface area contributed by atoms with E-state index >= 15 is 0 Å². The molecule has 0 aliphatic rings. The Balaban J connectivity index is 2.16. The Hall–Kier alpha value is -1.36. The number of hydrogen-bond acceptors (Lipinski definition) is 2. The Morgan fingerprint density at radius 1 is 1.20 bits per heavy atom. The van der Waals surface area contributed by atoms with Crippen LogP contribution >= 0.6 is 15.9 Å². The normalized spacial score (nSPS) is 10.4. The summed E-state index contributed by atoms with van der Waals surface area (Å²) in [5, 5.41) is 5.56. The molecular weight excluding hydrogens is 320 g/mol. The first-order chi connectivity index (χ1) is 9.49. The molecule has 1 aromatic carbocycles. The van der Waals surface area contributed by atoms with Crippen LogP contribution in [0.25, 0.3) is 0 Å². The van der Waals surface area contributed by atoms with E-state index in [1.165, 1.54) is 0 Å². The average molecular weight is 341 g/mol. The molecule has 0 aliphatic carbocycles. The van der Waals surface area contributed by atoms with Crippen LogP contribution in [0.15, 0.2) is 28.7 Å². The number of carbonyl (C=O) groups is 2. The zero-order chi connectivity index (χ0) is 15.0. The average Bonchev–Trinajstić information content (AvgIpc) is 2.41. The Morgan fingerprint density at radius 2 is 1.90 bits per heavy atom. The van der Waals surface area contributed by atoms with Gasteiger partial charge in [-0.1, -0.05) is 41.9 Å². The molecule has 1 rings (SSSR count). The molecule has 0 radical (unpaired) electrons. The fourth-order valence-electron chi connectivity index (χ4n) is 1.63. The number of aryl methyl sites for hydroxylation is 1. The van der Waals surface area contributed by atoms with Crippen LogP contribution in [0.4, 0.5) is 0 Å². The van der Waals surface area contributed by atoms with Crippen LogP contribution in [0.2, 0.25) is 0 Å². The van der Waals surface area contributed by atoms with Crippen molar-refractivity contribution in [3.8, 4) is 0 Å². The largest absolute Gasteiger partial charge is 0.354 e. The highest BCUT2D eigenvalue weighted by Crippen LogP contribution is 2.12. The topological polar surface area (TPSA) is 58.2 Å². The van der Waals surface area contributed by atoms with Crippen molar-refractivity contribution in [3.63, 3.8) is 0 Å². The molecule has 4 nitrogen and oxygen atoms in total. The van der Waals surface area contributed by atoms with Gasteiger partial charge in [0.05, 0.1) is 0 Å². The summed E-state index contributed by atoms with van der Waals surface area (Å²) in [7, 11) is 0. The summed E-state index contributed by atoms with van der Waals surface area (Å²) in [6, 6.07) is 7.93. The molecule has 0 atom stereocenters. The Bertz CT molecular complexity index is 461. The minimum atomic E-state index is -0.0257. The summed E-state index contributed by atoms with van der Waals surface area (Å²) >= 11 is 3.40. The zero-order valence-corrected chi connectivity index (χ0v) is 13.5. The van der Waals surface area contributed by atoms with Gasteiger partial charge in [-0.3, -0.25) is 9.59 Å². The number of benzene rings is 1. The van der Waals surface area contributed by atoms with E-state index in [-0.39, 0.29) is 17.7 Å². The van der Waals surface area contributed by atoms with Gasteiger partial charge in [0.1, 0.15) is 0 Å². The summed E-state index contributed by atoms with van der Waals surface area (Å²) in [4.78, 5) is 22.9. The minimum Gasteiger partial charge on any atom is -0.354 e. The SMILES string of the molecule is CC(C)C(=O)NCCNC(=O)CCc1cccc(Br)c1. The Labute approximate surface area is 128 Å². The maximum Gasteiger partial charge on any atom is 0.222 e. The second kappa shape index (κ2) is 8.74. The molecule has 20 heavy (non-hydrogen) atoms. The van der Waals surface area contributed by atoms with Crippen molar-refractivity contribution in [3.05, 3.63) is 34.3 Å². The van der Waals surface area contributed by atoms with Crippen molar-refractivity contribution in [2.24, 2.45) is 5.92 Å². The molecule has 0 fully saturated rings. The quantitative estimate of drug-likeness (QED) is 0.748. The van der Waals surface area contributed by atoms with Crippen LogP contribution in [-0.4, -0.2) is 24.9 Å². The predicted octanol–water partition coefficient (Wildman–Crippen LogP) is 2.27. The third-order valence-corrected chi connectivity index (χ3v) is 3.29. The number of hydrogen-bond donors (Lipinski definition) is 2. The summed E-state index contributed by atoms with van der Waals surface area (Å²) < 4.78 is 1.02. The van der Waals surface area contributed by atoms with Gasteiger partial charge < -0.3 is 10.6 Å². The van der Waals surface area contributed by atoms with Gasteiger partial charge >= 0.3 is 0 Å². The van der Waals surface area contributed by atoms with Gasteiger partial charge in [0.2, 0.25) is 11.8 Å². The van der Waals surface area contributed by atoms with E-state index in [1.54, 1.807) is 0 Å². The lowest BCUT2D eigenvalue weighted by atomic mass is 10.1. The highest BCUT2D eigenvalue weighted by Gasteiger charge is 2.06. The lowest BCUT2D eigenvalue weighted by Gasteiger charge is -2.09. The van der Waals surface area contributed by atoms with Crippen LogP contribution in [0.3, 0.4) is 0 Å². The third-order valence-electron chi connectivity index (χ3n) is 2.80. The molecule has 0 saturated heterocycles. The first kappa shape index (κ1) is 16.7. The second-order valence-electron chi connectivity index (χ2n) is 4.93. The van der Waals surface area contributed by atoms with Crippen LogP contribution < -0.4 is 10.6 Å². The van der Waals surface area contributed by atoms with Gasteiger partial charge in [0.15, 0.2) is 0 Å². The van der Waals surface area contributed by atoms with Gasteiger partial charge in [-0.05, 0) is 24.1 Å². The highest BCUT2D eigenvalue weighted by atomic mass is 79.9.